The van der Waals surface area contributed by atoms with E-state index >= 15 is 0 Å². The van der Waals surface area contributed by atoms with Crippen molar-refractivity contribution in [3.8, 4) is 0 Å². The second kappa shape index (κ2) is 3.71. The minimum atomic E-state index is 0.886. The van der Waals surface area contributed by atoms with Crippen molar-refractivity contribution in [1.82, 2.24) is 15.1 Å². The highest BCUT2D eigenvalue weighted by atomic mass is 79.9. The zero-order valence-corrected chi connectivity index (χ0v) is 9.80. The van der Waals surface area contributed by atoms with Gasteiger partial charge in [0, 0.05) is 19.0 Å². The van der Waals surface area contributed by atoms with E-state index < -0.39 is 0 Å². The van der Waals surface area contributed by atoms with Crippen LogP contribution in [0.2, 0.25) is 0 Å². The van der Waals surface area contributed by atoms with Crippen LogP contribution >= 0.6 is 15.9 Å². The van der Waals surface area contributed by atoms with Gasteiger partial charge in [0.05, 0.1) is 5.52 Å². The first-order chi connectivity index (χ1) is 6.72. The van der Waals surface area contributed by atoms with Gasteiger partial charge in [0.15, 0.2) is 0 Å². The number of nitrogens with one attached hydrogen (secondary N) is 1. The lowest BCUT2D eigenvalue weighted by molar-refractivity contribution is 0.761. The van der Waals surface area contributed by atoms with Gasteiger partial charge in [-0.05, 0) is 40.7 Å². The summed E-state index contributed by atoms with van der Waals surface area (Å²) in [5, 5.41) is 8.66. The lowest BCUT2D eigenvalue weighted by Gasteiger charge is -1.98. The summed E-state index contributed by atoms with van der Waals surface area (Å²) in [6, 6.07) is 6.30. The van der Waals surface area contributed by atoms with Crippen molar-refractivity contribution in [3.63, 3.8) is 0 Å². The van der Waals surface area contributed by atoms with Gasteiger partial charge in [0.1, 0.15) is 4.60 Å². The number of benzene rings is 1. The molecule has 74 valence electrons. The number of halogens is 1. The van der Waals surface area contributed by atoms with Crippen LogP contribution in [0.15, 0.2) is 22.8 Å². The minimum absolute atomic E-state index is 0.886. The van der Waals surface area contributed by atoms with Crippen LogP contribution in [0.1, 0.15) is 5.56 Å². The molecule has 1 aromatic carbocycles. The van der Waals surface area contributed by atoms with Crippen LogP contribution in [0.5, 0.6) is 0 Å². The van der Waals surface area contributed by atoms with E-state index in [-0.39, 0.29) is 0 Å². The van der Waals surface area contributed by atoms with E-state index in [0.29, 0.717) is 0 Å². The monoisotopic (exact) mass is 253 g/mol. The van der Waals surface area contributed by atoms with Crippen molar-refractivity contribution in [2.45, 2.75) is 6.54 Å². The van der Waals surface area contributed by atoms with Crippen molar-refractivity contribution < 1.29 is 0 Å². The zero-order valence-electron chi connectivity index (χ0n) is 8.21. The molecule has 0 amide bonds. The molecule has 14 heavy (non-hydrogen) atoms. The number of fused-ring (bicyclic) bond motifs is 1. The zero-order chi connectivity index (χ0) is 10.1. The van der Waals surface area contributed by atoms with Crippen LogP contribution in [0.4, 0.5) is 0 Å². The largest absolute Gasteiger partial charge is 0.316 e. The van der Waals surface area contributed by atoms with Gasteiger partial charge in [-0.25, -0.2) is 0 Å². The molecule has 0 aliphatic carbocycles. The molecule has 0 aliphatic rings. The molecule has 2 aromatic rings. The summed E-state index contributed by atoms with van der Waals surface area (Å²) < 4.78 is 2.87. The highest BCUT2D eigenvalue weighted by molar-refractivity contribution is 9.10. The van der Waals surface area contributed by atoms with E-state index in [1.165, 1.54) is 10.9 Å². The molecule has 0 saturated heterocycles. The Morgan fingerprint density at radius 2 is 2.29 bits per heavy atom. The Balaban J connectivity index is 2.58. The standard InChI is InChI=1S/C10H12BrN3/c1-12-6-7-3-4-9-8(5-7)10(11)14(2)13-9/h3-5,12H,6H2,1-2H3. The number of rotatable bonds is 2. The van der Waals surface area contributed by atoms with Crippen LogP contribution in [0.3, 0.4) is 0 Å². The molecule has 0 fully saturated rings. The predicted molar refractivity (Wildman–Crippen MR) is 61.2 cm³/mol. The Bertz CT molecular complexity index is 462. The van der Waals surface area contributed by atoms with Crippen molar-refractivity contribution in [1.29, 1.82) is 0 Å². The molecular weight excluding hydrogens is 242 g/mol. The third-order valence-electron chi connectivity index (χ3n) is 2.21. The molecule has 0 unspecified atom stereocenters. The molecule has 4 heteroatoms. The fourth-order valence-electron chi connectivity index (χ4n) is 1.53. The minimum Gasteiger partial charge on any atom is -0.316 e. The second-order valence-corrected chi connectivity index (χ2v) is 4.05. The highest BCUT2D eigenvalue weighted by Gasteiger charge is 2.05. The van der Waals surface area contributed by atoms with Gasteiger partial charge in [-0.1, -0.05) is 6.07 Å². The molecule has 1 aromatic heterocycles. The van der Waals surface area contributed by atoms with E-state index in [0.717, 1.165) is 16.7 Å². The number of hydrogen-bond donors (Lipinski definition) is 1. The molecule has 3 nitrogen and oxygen atoms in total. The SMILES string of the molecule is CNCc1ccc2nn(C)c(Br)c2c1. The third-order valence-corrected chi connectivity index (χ3v) is 3.15. The maximum absolute atomic E-state index is 4.36. The van der Waals surface area contributed by atoms with Gasteiger partial charge in [-0.2, -0.15) is 5.10 Å². The maximum atomic E-state index is 4.36. The summed E-state index contributed by atoms with van der Waals surface area (Å²) >= 11 is 3.52. The molecule has 2 rings (SSSR count). The number of aromatic nitrogens is 2. The summed E-state index contributed by atoms with van der Waals surface area (Å²) in [6.45, 7) is 0.886. The Kier molecular flexibility index (Phi) is 2.56. The lowest BCUT2D eigenvalue weighted by Crippen LogP contribution is -2.04. The Hall–Kier alpha value is -0.870. The lowest BCUT2D eigenvalue weighted by atomic mass is 10.1. The summed E-state index contributed by atoms with van der Waals surface area (Å²) in [4.78, 5) is 0. The van der Waals surface area contributed by atoms with Crippen LogP contribution < -0.4 is 5.32 Å². The number of nitrogens with zero attached hydrogens (tertiary/aromatic N) is 2. The molecule has 0 radical (unpaired) electrons. The summed E-state index contributed by atoms with van der Waals surface area (Å²) in [5.74, 6) is 0. The summed E-state index contributed by atoms with van der Waals surface area (Å²) in [6.07, 6.45) is 0. The fraction of sp³-hybridized carbons (Fsp3) is 0.300. The van der Waals surface area contributed by atoms with E-state index in [1.54, 1.807) is 0 Å². The molecule has 0 atom stereocenters. The highest BCUT2D eigenvalue weighted by Crippen LogP contribution is 2.23. The van der Waals surface area contributed by atoms with Crippen molar-refractivity contribution >= 4 is 26.8 Å². The fourth-order valence-corrected chi connectivity index (χ4v) is 1.93. The third kappa shape index (κ3) is 1.55. The first-order valence-electron chi connectivity index (χ1n) is 4.48. The topological polar surface area (TPSA) is 29.9 Å². The quantitative estimate of drug-likeness (QED) is 0.888. The maximum Gasteiger partial charge on any atom is 0.111 e. The number of hydrogen-bond acceptors (Lipinski definition) is 2. The average molecular weight is 254 g/mol. The molecular formula is C10H12BrN3. The Morgan fingerprint density at radius 1 is 1.50 bits per heavy atom. The van der Waals surface area contributed by atoms with Crippen LogP contribution in [0, 0.1) is 0 Å². The van der Waals surface area contributed by atoms with Gasteiger partial charge >= 0.3 is 0 Å². The van der Waals surface area contributed by atoms with E-state index in [1.807, 2.05) is 24.8 Å². The van der Waals surface area contributed by atoms with Crippen LogP contribution in [0.25, 0.3) is 10.9 Å². The van der Waals surface area contributed by atoms with E-state index in [2.05, 4.69) is 38.5 Å². The normalized spacial score (nSPS) is 11.1. The van der Waals surface area contributed by atoms with Crippen LogP contribution in [-0.4, -0.2) is 16.8 Å². The van der Waals surface area contributed by atoms with Crippen molar-refractivity contribution in [3.05, 3.63) is 28.4 Å². The van der Waals surface area contributed by atoms with Crippen LogP contribution in [-0.2, 0) is 13.6 Å². The van der Waals surface area contributed by atoms with Gasteiger partial charge in [-0.3, -0.25) is 4.68 Å². The molecule has 1 N–H and O–H groups in total. The Labute approximate surface area is 91.2 Å². The van der Waals surface area contributed by atoms with Crippen molar-refractivity contribution in [2.24, 2.45) is 7.05 Å². The average Bonchev–Trinajstić information content (AvgIpc) is 2.45. The molecule has 0 aliphatic heterocycles. The smallest absolute Gasteiger partial charge is 0.111 e. The first kappa shape index (κ1) is 9.68. The molecule has 0 bridgehead atoms. The second-order valence-electron chi connectivity index (χ2n) is 3.30. The van der Waals surface area contributed by atoms with E-state index in [4.69, 9.17) is 0 Å². The molecule has 0 saturated carbocycles. The predicted octanol–water partition coefficient (Wildman–Crippen LogP) is 2.06. The first-order valence-corrected chi connectivity index (χ1v) is 5.27. The summed E-state index contributed by atoms with van der Waals surface area (Å²) in [5.41, 5.74) is 2.30. The molecule has 1 heterocycles. The van der Waals surface area contributed by atoms with Gasteiger partial charge in [0.2, 0.25) is 0 Å². The van der Waals surface area contributed by atoms with E-state index in [9.17, 15) is 0 Å². The van der Waals surface area contributed by atoms with Gasteiger partial charge in [-0.15, -0.1) is 0 Å². The number of aryl methyl sites for hydroxylation is 1. The van der Waals surface area contributed by atoms with Crippen molar-refractivity contribution in [2.75, 3.05) is 7.05 Å². The molecule has 0 spiro atoms. The van der Waals surface area contributed by atoms with Gasteiger partial charge in [0.25, 0.3) is 0 Å². The summed E-state index contributed by atoms with van der Waals surface area (Å²) in [7, 11) is 3.88. The van der Waals surface area contributed by atoms with Gasteiger partial charge < -0.3 is 5.32 Å². The Morgan fingerprint density at radius 3 is 3.00 bits per heavy atom.